The first-order chi connectivity index (χ1) is 14.1. The van der Waals surface area contributed by atoms with Crippen molar-refractivity contribution in [3.05, 3.63) is 0 Å². The quantitative estimate of drug-likeness (QED) is 0.168. The van der Waals surface area contributed by atoms with Gasteiger partial charge in [0, 0.05) is 13.7 Å². The summed E-state index contributed by atoms with van der Waals surface area (Å²) in [5.41, 5.74) is 0. The van der Waals surface area contributed by atoms with E-state index in [1.807, 2.05) is 0 Å². The molecule has 0 bridgehead atoms. The second kappa shape index (κ2) is 17.7. The Hall–Kier alpha value is 0.0700. The monoisotopic (exact) mass is 434 g/mol. The van der Waals surface area contributed by atoms with Crippen LogP contribution in [0.2, 0.25) is 0 Å². The topological polar surface area (TPSA) is 65.0 Å². The lowest BCUT2D eigenvalue weighted by Gasteiger charge is -2.31. The lowest BCUT2D eigenvalue weighted by molar-refractivity contribution is -0.0584. The van der Waals surface area contributed by atoms with Gasteiger partial charge in [0.05, 0.1) is 12.2 Å². The van der Waals surface area contributed by atoms with Gasteiger partial charge in [-0.25, -0.2) is 4.57 Å². The Bertz CT molecular complexity index is 418. The van der Waals surface area contributed by atoms with Gasteiger partial charge in [-0.15, -0.1) is 0 Å². The minimum absolute atomic E-state index is 0.0821. The maximum Gasteiger partial charge on any atom is 0.472 e. The van der Waals surface area contributed by atoms with Crippen LogP contribution in [0.5, 0.6) is 0 Å². The highest BCUT2D eigenvalue weighted by molar-refractivity contribution is 7.47. The van der Waals surface area contributed by atoms with Crippen molar-refractivity contribution < 1.29 is 23.2 Å². The van der Waals surface area contributed by atoms with E-state index >= 15 is 0 Å². The molecule has 29 heavy (non-hydrogen) atoms. The lowest BCUT2D eigenvalue weighted by Crippen LogP contribution is -2.34. The number of unbranched alkanes of at least 4 members (excludes halogenated alkanes) is 13. The highest BCUT2D eigenvalue weighted by Gasteiger charge is 2.33. The third kappa shape index (κ3) is 14.7. The predicted octanol–water partition coefficient (Wildman–Crippen LogP) is 7.56. The summed E-state index contributed by atoms with van der Waals surface area (Å²) in [6.07, 6.45) is 22.2. The van der Waals surface area contributed by atoms with E-state index in [1.165, 1.54) is 90.6 Å². The van der Waals surface area contributed by atoms with Crippen molar-refractivity contribution in [1.82, 2.24) is 0 Å². The standard InChI is InChI=1S/C23H47O5P/c1-3-4-5-6-7-8-9-10-11-12-13-14-15-18-21-27-22-19-16-17-20-23(22)28-29(24,25)26-2/h22-23H,3-21H2,1-2H3,(H,24,25)/t22-,23?/m1/s1. The van der Waals surface area contributed by atoms with E-state index < -0.39 is 7.82 Å². The zero-order valence-electron chi connectivity index (χ0n) is 19.1. The van der Waals surface area contributed by atoms with Gasteiger partial charge in [-0.1, -0.05) is 103 Å². The first-order valence-corrected chi connectivity index (χ1v) is 13.8. The van der Waals surface area contributed by atoms with Crippen molar-refractivity contribution in [1.29, 1.82) is 0 Å². The third-order valence-corrected chi connectivity index (χ3v) is 6.97. The largest absolute Gasteiger partial charge is 0.472 e. The molecule has 5 nitrogen and oxygen atoms in total. The van der Waals surface area contributed by atoms with Crippen LogP contribution in [0.3, 0.4) is 0 Å². The Kier molecular flexibility index (Phi) is 16.6. The molecule has 2 unspecified atom stereocenters. The summed E-state index contributed by atoms with van der Waals surface area (Å²) < 4.78 is 27.5. The van der Waals surface area contributed by atoms with Crippen LogP contribution in [0.15, 0.2) is 0 Å². The molecule has 1 fully saturated rings. The van der Waals surface area contributed by atoms with Gasteiger partial charge in [0.15, 0.2) is 0 Å². The van der Waals surface area contributed by atoms with Crippen LogP contribution in [0.25, 0.3) is 0 Å². The van der Waals surface area contributed by atoms with E-state index in [0.717, 1.165) is 32.1 Å². The summed E-state index contributed by atoms with van der Waals surface area (Å²) in [5, 5.41) is 0. The Labute approximate surface area is 179 Å². The molecule has 1 rings (SSSR count). The summed E-state index contributed by atoms with van der Waals surface area (Å²) in [5.74, 6) is 0. The van der Waals surface area contributed by atoms with Crippen molar-refractivity contribution in [2.75, 3.05) is 13.7 Å². The van der Waals surface area contributed by atoms with Gasteiger partial charge < -0.3 is 9.63 Å². The van der Waals surface area contributed by atoms with E-state index in [0.29, 0.717) is 6.61 Å². The summed E-state index contributed by atoms with van der Waals surface area (Å²) in [6, 6.07) is 0. The van der Waals surface area contributed by atoms with Crippen LogP contribution in [0.1, 0.15) is 122 Å². The summed E-state index contributed by atoms with van der Waals surface area (Å²) in [4.78, 5) is 9.55. The fraction of sp³-hybridized carbons (Fsp3) is 1.00. The molecule has 1 N–H and O–H groups in total. The molecule has 6 heteroatoms. The Balaban J connectivity index is 1.92. The molecule has 0 aromatic rings. The Morgan fingerprint density at radius 3 is 1.69 bits per heavy atom. The van der Waals surface area contributed by atoms with Gasteiger partial charge in [-0.05, 0) is 19.3 Å². The highest BCUT2D eigenvalue weighted by Crippen LogP contribution is 2.46. The van der Waals surface area contributed by atoms with Gasteiger partial charge in [-0.2, -0.15) is 0 Å². The number of rotatable bonds is 19. The van der Waals surface area contributed by atoms with Gasteiger partial charge in [-0.3, -0.25) is 9.05 Å². The van der Waals surface area contributed by atoms with Crippen molar-refractivity contribution in [2.24, 2.45) is 0 Å². The second-order valence-corrected chi connectivity index (χ2v) is 10.1. The molecule has 0 amide bonds. The van der Waals surface area contributed by atoms with Crippen LogP contribution < -0.4 is 0 Å². The average Bonchev–Trinajstić information content (AvgIpc) is 2.72. The van der Waals surface area contributed by atoms with E-state index in [4.69, 9.17) is 9.26 Å². The Morgan fingerprint density at radius 2 is 1.21 bits per heavy atom. The van der Waals surface area contributed by atoms with Crippen LogP contribution in [-0.4, -0.2) is 30.8 Å². The molecule has 0 saturated heterocycles. The van der Waals surface area contributed by atoms with Crippen LogP contribution >= 0.6 is 7.82 Å². The molecule has 0 aromatic heterocycles. The highest BCUT2D eigenvalue weighted by atomic mass is 31.2. The van der Waals surface area contributed by atoms with Gasteiger partial charge >= 0.3 is 7.82 Å². The van der Waals surface area contributed by atoms with E-state index in [-0.39, 0.29) is 12.2 Å². The molecule has 3 atom stereocenters. The molecule has 1 aliphatic rings. The number of hydrogen-bond donors (Lipinski definition) is 1. The van der Waals surface area contributed by atoms with E-state index in [9.17, 15) is 9.46 Å². The molecule has 0 heterocycles. The molecule has 0 aromatic carbocycles. The van der Waals surface area contributed by atoms with Gasteiger partial charge in [0.25, 0.3) is 0 Å². The summed E-state index contributed by atoms with van der Waals surface area (Å²) in [7, 11) is -2.73. The minimum Gasteiger partial charge on any atom is -0.376 e. The SMILES string of the molecule is CCCCCCCCCCCCCCCCO[C@@H]1CCCCC1OP(=O)(O)OC. The Morgan fingerprint density at radius 1 is 0.759 bits per heavy atom. The summed E-state index contributed by atoms with van der Waals surface area (Å²) >= 11 is 0. The first kappa shape index (κ1) is 27.1. The zero-order valence-corrected chi connectivity index (χ0v) is 20.0. The predicted molar refractivity (Wildman–Crippen MR) is 120 cm³/mol. The fourth-order valence-electron chi connectivity index (χ4n) is 4.12. The average molecular weight is 435 g/mol. The summed E-state index contributed by atoms with van der Waals surface area (Å²) in [6.45, 7) is 2.99. The van der Waals surface area contributed by atoms with Crippen molar-refractivity contribution in [2.45, 2.75) is 135 Å². The number of phosphoric ester groups is 1. The normalized spacial score (nSPS) is 21.9. The van der Waals surface area contributed by atoms with Crippen molar-refractivity contribution >= 4 is 7.82 Å². The number of ether oxygens (including phenoxy) is 1. The maximum atomic E-state index is 11.7. The maximum absolute atomic E-state index is 11.7. The number of hydrogen-bond acceptors (Lipinski definition) is 4. The molecular formula is C23H47O5P. The molecule has 1 aliphatic carbocycles. The van der Waals surface area contributed by atoms with Gasteiger partial charge in [0.1, 0.15) is 0 Å². The molecular weight excluding hydrogens is 387 g/mol. The van der Waals surface area contributed by atoms with E-state index in [2.05, 4.69) is 11.4 Å². The second-order valence-electron chi connectivity index (χ2n) is 8.58. The first-order valence-electron chi connectivity index (χ1n) is 12.3. The molecule has 0 radical (unpaired) electrons. The lowest BCUT2D eigenvalue weighted by atomic mass is 9.95. The van der Waals surface area contributed by atoms with E-state index in [1.54, 1.807) is 0 Å². The van der Waals surface area contributed by atoms with Crippen molar-refractivity contribution in [3.63, 3.8) is 0 Å². The number of phosphoric acid groups is 1. The third-order valence-electron chi connectivity index (χ3n) is 5.97. The van der Waals surface area contributed by atoms with Gasteiger partial charge in [0.2, 0.25) is 0 Å². The van der Waals surface area contributed by atoms with Crippen LogP contribution in [0, 0.1) is 0 Å². The fourth-order valence-corrected chi connectivity index (χ4v) is 4.79. The smallest absolute Gasteiger partial charge is 0.376 e. The molecule has 0 spiro atoms. The molecule has 1 saturated carbocycles. The zero-order chi connectivity index (χ0) is 21.2. The molecule has 0 aliphatic heterocycles. The molecule has 174 valence electrons. The van der Waals surface area contributed by atoms with Crippen LogP contribution in [0.4, 0.5) is 0 Å². The minimum atomic E-state index is -3.93. The van der Waals surface area contributed by atoms with Crippen molar-refractivity contribution in [3.8, 4) is 0 Å². The van der Waals surface area contributed by atoms with Crippen LogP contribution in [-0.2, 0) is 18.3 Å².